The largest absolute Gasteiger partial charge is 0.366 e. The van der Waals surface area contributed by atoms with Gasteiger partial charge in [0.25, 0.3) is 5.91 Å². The zero-order chi connectivity index (χ0) is 17.5. The van der Waals surface area contributed by atoms with Crippen LogP contribution in [0.15, 0.2) is 24.3 Å². The van der Waals surface area contributed by atoms with Gasteiger partial charge in [0.2, 0.25) is 5.91 Å². The number of halogens is 1. The molecule has 0 bridgehead atoms. The Balaban J connectivity index is 0.00000243. The molecule has 0 spiro atoms. The molecule has 0 aromatic heterocycles. The van der Waals surface area contributed by atoms with Gasteiger partial charge in [-0.15, -0.1) is 12.4 Å². The Morgan fingerprint density at radius 3 is 2.69 bits per heavy atom. The number of ether oxygens (including phenoxy) is 1. The molecule has 6 nitrogen and oxygen atoms in total. The topological polar surface area (TPSA) is 79.5 Å². The highest BCUT2D eigenvalue weighted by Crippen LogP contribution is 2.25. The predicted octanol–water partition coefficient (Wildman–Crippen LogP) is 2.23. The molecular weight excluding hydrogens is 354 g/mol. The van der Waals surface area contributed by atoms with Crippen molar-refractivity contribution in [3.8, 4) is 0 Å². The molecule has 1 aliphatic heterocycles. The van der Waals surface area contributed by atoms with Crippen molar-refractivity contribution in [3.05, 3.63) is 29.8 Å². The molecule has 1 aromatic rings. The minimum Gasteiger partial charge on any atom is -0.366 e. The average Bonchev–Trinajstić information content (AvgIpc) is 2.68. The van der Waals surface area contributed by atoms with Gasteiger partial charge in [-0.05, 0) is 30.5 Å². The molecule has 3 rings (SSSR count). The predicted molar refractivity (Wildman–Crippen MR) is 103 cm³/mol. The van der Waals surface area contributed by atoms with Crippen LogP contribution in [0.4, 0.5) is 5.69 Å². The van der Waals surface area contributed by atoms with Crippen LogP contribution in [0.5, 0.6) is 0 Å². The molecule has 1 heterocycles. The van der Waals surface area contributed by atoms with E-state index in [2.05, 4.69) is 16.0 Å². The number of hydrogen-bond acceptors (Lipinski definition) is 4. The quantitative estimate of drug-likeness (QED) is 0.730. The molecule has 144 valence electrons. The smallest absolute Gasteiger partial charge is 0.250 e. The molecule has 0 radical (unpaired) electrons. The molecular formula is C19H28ClN3O3. The molecule has 2 amide bonds. The lowest BCUT2D eigenvalue weighted by atomic mass is 9.88. The normalized spacial score (nSPS) is 20.7. The van der Waals surface area contributed by atoms with Crippen molar-refractivity contribution in [2.45, 2.75) is 44.8 Å². The van der Waals surface area contributed by atoms with Gasteiger partial charge in [-0.1, -0.05) is 31.4 Å². The van der Waals surface area contributed by atoms with Gasteiger partial charge in [-0.3, -0.25) is 9.59 Å². The van der Waals surface area contributed by atoms with Gasteiger partial charge in [0, 0.05) is 31.2 Å². The van der Waals surface area contributed by atoms with Crippen LogP contribution >= 0.6 is 12.4 Å². The van der Waals surface area contributed by atoms with E-state index in [1.54, 1.807) is 0 Å². The molecule has 1 aromatic carbocycles. The number of benzene rings is 1. The Bertz CT molecular complexity index is 599. The van der Waals surface area contributed by atoms with Crippen molar-refractivity contribution in [1.82, 2.24) is 10.6 Å². The summed E-state index contributed by atoms with van der Waals surface area (Å²) in [7, 11) is 0. The molecule has 1 saturated heterocycles. The Kier molecular flexibility index (Phi) is 8.35. The van der Waals surface area contributed by atoms with Crippen LogP contribution in [0.3, 0.4) is 0 Å². The van der Waals surface area contributed by atoms with E-state index in [9.17, 15) is 9.59 Å². The zero-order valence-electron chi connectivity index (χ0n) is 15.0. The SMILES string of the molecule is Cl.O=C(Nc1cccc(CNC(=O)C2CNCCO2)c1)C1CCCCC1. The van der Waals surface area contributed by atoms with Crippen molar-refractivity contribution in [1.29, 1.82) is 0 Å². The van der Waals surface area contributed by atoms with E-state index in [1.807, 2.05) is 24.3 Å². The van der Waals surface area contributed by atoms with Crippen LogP contribution in [-0.4, -0.2) is 37.6 Å². The van der Waals surface area contributed by atoms with E-state index in [-0.39, 0.29) is 30.1 Å². The third kappa shape index (κ3) is 5.97. The van der Waals surface area contributed by atoms with Crippen LogP contribution in [0.1, 0.15) is 37.7 Å². The molecule has 3 N–H and O–H groups in total. The number of amides is 2. The first kappa shape index (κ1) is 20.7. The summed E-state index contributed by atoms with van der Waals surface area (Å²) in [6.07, 6.45) is 5.06. The maximum absolute atomic E-state index is 12.3. The van der Waals surface area contributed by atoms with Crippen LogP contribution in [0, 0.1) is 5.92 Å². The van der Waals surface area contributed by atoms with E-state index in [1.165, 1.54) is 6.42 Å². The van der Waals surface area contributed by atoms with Crippen molar-refractivity contribution in [3.63, 3.8) is 0 Å². The lowest BCUT2D eigenvalue weighted by Crippen LogP contribution is -2.47. The van der Waals surface area contributed by atoms with Gasteiger partial charge < -0.3 is 20.7 Å². The maximum Gasteiger partial charge on any atom is 0.250 e. The van der Waals surface area contributed by atoms with Gasteiger partial charge in [0.1, 0.15) is 6.10 Å². The number of carbonyl (C=O) groups excluding carboxylic acids is 2. The van der Waals surface area contributed by atoms with Crippen molar-refractivity contribution in [2.75, 3.05) is 25.0 Å². The molecule has 1 atom stereocenters. The van der Waals surface area contributed by atoms with Crippen LogP contribution in [0.25, 0.3) is 0 Å². The Morgan fingerprint density at radius 2 is 1.96 bits per heavy atom. The lowest BCUT2D eigenvalue weighted by Gasteiger charge is -2.23. The van der Waals surface area contributed by atoms with E-state index in [4.69, 9.17) is 4.74 Å². The van der Waals surface area contributed by atoms with Gasteiger partial charge in [0.15, 0.2) is 0 Å². The second kappa shape index (κ2) is 10.5. The van der Waals surface area contributed by atoms with Crippen molar-refractivity contribution >= 4 is 29.9 Å². The number of carbonyl (C=O) groups is 2. The van der Waals surface area contributed by atoms with Gasteiger partial charge in [0.05, 0.1) is 6.61 Å². The monoisotopic (exact) mass is 381 g/mol. The molecule has 2 fully saturated rings. The highest BCUT2D eigenvalue weighted by Gasteiger charge is 2.22. The van der Waals surface area contributed by atoms with Gasteiger partial charge in [-0.2, -0.15) is 0 Å². The molecule has 7 heteroatoms. The third-order valence-electron chi connectivity index (χ3n) is 4.86. The van der Waals surface area contributed by atoms with Gasteiger partial charge in [-0.25, -0.2) is 0 Å². The fourth-order valence-corrected chi connectivity index (χ4v) is 3.40. The van der Waals surface area contributed by atoms with Crippen LogP contribution < -0.4 is 16.0 Å². The first-order valence-corrected chi connectivity index (χ1v) is 9.22. The first-order chi connectivity index (χ1) is 12.2. The fraction of sp³-hybridized carbons (Fsp3) is 0.579. The minimum absolute atomic E-state index is 0. The standard InChI is InChI=1S/C19H27N3O3.ClH/c23-18(15-6-2-1-3-7-15)22-16-8-4-5-14(11-16)12-21-19(24)17-13-20-9-10-25-17;/h4-5,8,11,15,17,20H,1-3,6-7,9-10,12-13H2,(H,21,24)(H,22,23);1H. The summed E-state index contributed by atoms with van der Waals surface area (Å²) in [4.78, 5) is 24.4. The molecule has 1 aliphatic carbocycles. The third-order valence-corrected chi connectivity index (χ3v) is 4.86. The number of nitrogens with one attached hydrogen (secondary N) is 3. The van der Waals surface area contributed by atoms with Crippen LogP contribution in [-0.2, 0) is 20.9 Å². The summed E-state index contributed by atoms with van der Waals surface area (Å²) in [5.74, 6) is 0.138. The summed E-state index contributed by atoms with van der Waals surface area (Å²) >= 11 is 0. The first-order valence-electron chi connectivity index (χ1n) is 9.22. The summed E-state index contributed by atoms with van der Waals surface area (Å²) in [6.45, 7) is 2.31. The summed E-state index contributed by atoms with van der Waals surface area (Å²) in [5.41, 5.74) is 1.75. The Morgan fingerprint density at radius 1 is 1.15 bits per heavy atom. The van der Waals surface area contributed by atoms with Crippen molar-refractivity contribution < 1.29 is 14.3 Å². The lowest BCUT2D eigenvalue weighted by molar-refractivity contribution is -0.134. The number of anilines is 1. The highest BCUT2D eigenvalue weighted by molar-refractivity contribution is 5.92. The van der Waals surface area contributed by atoms with E-state index >= 15 is 0 Å². The molecule has 26 heavy (non-hydrogen) atoms. The van der Waals surface area contributed by atoms with E-state index in [0.29, 0.717) is 19.7 Å². The Hall–Kier alpha value is -1.63. The zero-order valence-corrected chi connectivity index (χ0v) is 15.8. The number of hydrogen-bond donors (Lipinski definition) is 3. The second-order valence-electron chi connectivity index (χ2n) is 6.81. The molecule has 1 unspecified atom stereocenters. The Labute approximate surface area is 160 Å². The van der Waals surface area contributed by atoms with E-state index in [0.717, 1.165) is 43.5 Å². The van der Waals surface area contributed by atoms with Crippen LogP contribution in [0.2, 0.25) is 0 Å². The van der Waals surface area contributed by atoms with E-state index < -0.39 is 6.10 Å². The molecule has 1 saturated carbocycles. The summed E-state index contributed by atoms with van der Waals surface area (Å²) in [6, 6.07) is 7.65. The highest BCUT2D eigenvalue weighted by atomic mass is 35.5. The number of morpholine rings is 1. The summed E-state index contributed by atoms with van der Waals surface area (Å²) in [5, 5.41) is 9.06. The van der Waals surface area contributed by atoms with Crippen molar-refractivity contribution in [2.24, 2.45) is 5.92 Å². The second-order valence-corrected chi connectivity index (χ2v) is 6.81. The molecule has 2 aliphatic rings. The summed E-state index contributed by atoms with van der Waals surface area (Å²) < 4.78 is 5.44. The maximum atomic E-state index is 12.3. The average molecular weight is 382 g/mol. The van der Waals surface area contributed by atoms with Gasteiger partial charge >= 0.3 is 0 Å². The fourth-order valence-electron chi connectivity index (χ4n) is 3.40. The minimum atomic E-state index is -0.428. The number of rotatable bonds is 5.